The first-order valence-corrected chi connectivity index (χ1v) is 6.69. The SMILES string of the molecule is CC(C)NCC1CC12CCSCC2. The second kappa shape index (κ2) is 3.82. The molecular formula is C11H21NS. The van der Waals surface area contributed by atoms with Gasteiger partial charge in [-0.2, -0.15) is 11.8 Å². The average Bonchev–Trinajstić information content (AvgIpc) is 2.77. The fourth-order valence-electron chi connectivity index (χ4n) is 2.49. The van der Waals surface area contributed by atoms with E-state index in [0.29, 0.717) is 6.04 Å². The van der Waals surface area contributed by atoms with Crippen molar-refractivity contribution in [2.45, 2.75) is 39.2 Å². The van der Waals surface area contributed by atoms with Crippen LogP contribution in [0.15, 0.2) is 0 Å². The smallest absolute Gasteiger partial charge is 0.00104 e. The number of hydrogen-bond acceptors (Lipinski definition) is 2. The predicted molar refractivity (Wildman–Crippen MR) is 60.2 cm³/mol. The molecule has 1 N–H and O–H groups in total. The molecule has 2 rings (SSSR count). The normalized spacial score (nSPS) is 31.2. The van der Waals surface area contributed by atoms with Gasteiger partial charge in [-0.3, -0.25) is 0 Å². The number of hydrogen-bond donors (Lipinski definition) is 1. The maximum atomic E-state index is 3.57. The average molecular weight is 199 g/mol. The standard InChI is InChI=1S/C11H21NS/c1-9(2)12-8-10-7-11(10)3-5-13-6-4-11/h9-10,12H,3-8H2,1-2H3. The zero-order valence-electron chi connectivity index (χ0n) is 8.81. The van der Waals surface area contributed by atoms with Gasteiger partial charge in [0.05, 0.1) is 0 Å². The van der Waals surface area contributed by atoms with Gasteiger partial charge in [0.25, 0.3) is 0 Å². The molecule has 0 radical (unpaired) electrons. The minimum absolute atomic E-state index is 0.663. The summed E-state index contributed by atoms with van der Waals surface area (Å²) in [6.45, 7) is 5.75. The van der Waals surface area contributed by atoms with Crippen LogP contribution in [0.1, 0.15) is 33.1 Å². The van der Waals surface area contributed by atoms with Crippen LogP contribution in [-0.2, 0) is 0 Å². The summed E-state index contributed by atoms with van der Waals surface area (Å²) in [5.41, 5.74) is 0.799. The first kappa shape index (κ1) is 9.85. The summed E-state index contributed by atoms with van der Waals surface area (Å²) in [5, 5.41) is 3.57. The van der Waals surface area contributed by atoms with Crippen molar-refractivity contribution < 1.29 is 0 Å². The van der Waals surface area contributed by atoms with Crippen LogP contribution in [0.25, 0.3) is 0 Å². The van der Waals surface area contributed by atoms with E-state index in [9.17, 15) is 0 Å². The van der Waals surface area contributed by atoms with Crippen molar-refractivity contribution in [2.75, 3.05) is 18.1 Å². The molecule has 0 aromatic carbocycles. The summed E-state index contributed by atoms with van der Waals surface area (Å²) in [6.07, 6.45) is 4.48. The largest absolute Gasteiger partial charge is 0.314 e. The third kappa shape index (κ3) is 2.21. The Morgan fingerprint density at radius 1 is 1.38 bits per heavy atom. The van der Waals surface area contributed by atoms with Crippen LogP contribution in [0, 0.1) is 11.3 Å². The monoisotopic (exact) mass is 199 g/mol. The van der Waals surface area contributed by atoms with Crippen molar-refractivity contribution >= 4 is 11.8 Å². The lowest BCUT2D eigenvalue weighted by Crippen LogP contribution is -2.27. The lowest BCUT2D eigenvalue weighted by Gasteiger charge is -2.22. The maximum absolute atomic E-state index is 3.57. The van der Waals surface area contributed by atoms with E-state index in [1.165, 1.54) is 37.3 Å². The summed E-state index contributed by atoms with van der Waals surface area (Å²) < 4.78 is 0. The second-order valence-corrected chi connectivity index (χ2v) is 6.16. The van der Waals surface area contributed by atoms with Crippen molar-refractivity contribution in [3.05, 3.63) is 0 Å². The molecule has 1 aliphatic heterocycles. The number of rotatable bonds is 3. The van der Waals surface area contributed by atoms with E-state index in [4.69, 9.17) is 0 Å². The Hall–Kier alpha value is 0.310. The van der Waals surface area contributed by atoms with E-state index >= 15 is 0 Å². The Bertz CT molecular complexity index is 173. The van der Waals surface area contributed by atoms with E-state index in [-0.39, 0.29) is 0 Å². The molecule has 1 unspecified atom stereocenters. The first-order valence-electron chi connectivity index (χ1n) is 5.54. The molecule has 2 fully saturated rings. The van der Waals surface area contributed by atoms with E-state index in [1.807, 2.05) is 0 Å². The van der Waals surface area contributed by atoms with E-state index < -0.39 is 0 Å². The van der Waals surface area contributed by atoms with Crippen LogP contribution >= 0.6 is 11.8 Å². The van der Waals surface area contributed by atoms with Gasteiger partial charge in [-0.05, 0) is 48.6 Å². The van der Waals surface area contributed by atoms with Gasteiger partial charge in [0.2, 0.25) is 0 Å². The van der Waals surface area contributed by atoms with Crippen LogP contribution in [-0.4, -0.2) is 24.1 Å². The minimum atomic E-state index is 0.663. The number of thioether (sulfide) groups is 1. The Morgan fingerprint density at radius 2 is 2.08 bits per heavy atom. The highest BCUT2D eigenvalue weighted by molar-refractivity contribution is 7.99. The molecule has 2 heteroatoms. The van der Waals surface area contributed by atoms with Crippen molar-refractivity contribution in [3.8, 4) is 0 Å². The Balaban J connectivity index is 1.73. The van der Waals surface area contributed by atoms with Crippen molar-refractivity contribution in [3.63, 3.8) is 0 Å². The molecule has 76 valence electrons. The predicted octanol–water partition coefficient (Wildman–Crippen LogP) is 2.52. The summed E-state index contributed by atoms with van der Waals surface area (Å²) in [7, 11) is 0. The van der Waals surface area contributed by atoms with Crippen molar-refractivity contribution in [1.29, 1.82) is 0 Å². The lowest BCUT2D eigenvalue weighted by atomic mass is 9.96. The topological polar surface area (TPSA) is 12.0 Å². The summed E-state index contributed by atoms with van der Waals surface area (Å²) in [4.78, 5) is 0. The van der Waals surface area contributed by atoms with Gasteiger partial charge < -0.3 is 5.32 Å². The molecule has 13 heavy (non-hydrogen) atoms. The van der Waals surface area contributed by atoms with Gasteiger partial charge in [-0.15, -0.1) is 0 Å². The molecule has 1 heterocycles. The molecule has 0 aromatic rings. The molecule has 1 saturated carbocycles. The quantitative estimate of drug-likeness (QED) is 0.749. The third-order valence-electron chi connectivity index (χ3n) is 3.62. The maximum Gasteiger partial charge on any atom is 0.00104 e. The van der Waals surface area contributed by atoms with Crippen molar-refractivity contribution in [1.82, 2.24) is 5.32 Å². The summed E-state index contributed by atoms with van der Waals surface area (Å²) in [5.74, 6) is 3.84. The van der Waals surface area contributed by atoms with Gasteiger partial charge in [-0.1, -0.05) is 13.8 Å². The minimum Gasteiger partial charge on any atom is -0.314 e. The fourth-order valence-corrected chi connectivity index (χ4v) is 3.79. The van der Waals surface area contributed by atoms with Gasteiger partial charge in [0, 0.05) is 6.04 Å². The zero-order chi connectivity index (χ0) is 9.31. The van der Waals surface area contributed by atoms with Crippen LogP contribution < -0.4 is 5.32 Å². The fraction of sp³-hybridized carbons (Fsp3) is 1.00. The Morgan fingerprint density at radius 3 is 2.69 bits per heavy atom. The summed E-state index contributed by atoms with van der Waals surface area (Å²) >= 11 is 2.14. The molecule has 1 saturated heterocycles. The van der Waals surface area contributed by atoms with Crippen LogP contribution in [0.2, 0.25) is 0 Å². The van der Waals surface area contributed by atoms with Crippen LogP contribution in [0.4, 0.5) is 0 Å². The summed E-state index contributed by atoms with van der Waals surface area (Å²) in [6, 6.07) is 0.663. The first-order chi connectivity index (χ1) is 6.23. The molecule has 0 amide bonds. The molecule has 1 spiro atoms. The molecule has 2 aliphatic rings. The van der Waals surface area contributed by atoms with E-state index in [2.05, 4.69) is 30.9 Å². The second-order valence-electron chi connectivity index (χ2n) is 4.94. The molecule has 1 nitrogen and oxygen atoms in total. The van der Waals surface area contributed by atoms with Gasteiger partial charge in [0.15, 0.2) is 0 Å². The van der Waals surface area contributed by atoms with Gasteiger partial charge in [-0.25, -0.2) is 0 Å². The highest BCUT2D eigenvalue weighted by atomic mass is 32.2. The Labute approximate surface area is 86.0 Å². The molecular weight excluding hydrogens is 178 g/mol. The van der Waals surface area contributed by atoms with Crippen LogP contribution in [0.3, 0.4) is 0 Å². The third-order valence-corrected chi connectivity index (χ3v) is 4.61. The molecule has 0 aromatic heterocycles. The van der Waals surface area contributed by atoms with E-state index in [0.717, 1.165) is 11.3 Å². The molecule has 0 bridgehead atoms. The highest BCUT2D eigenvalue weighted by Crippen LogP contribution is 2.60. The lowest BCUT2D eigenvalue weighted by molar-refractivity contribution is 0.400. The van der Waals surface area contributed by atoms with E-state index in [1.54, 1.807) is 0 Å². The zero-order valence-corrected chi connectivity index (χ0v) is 9.62. The Kier molecular flexibility index (Phi) is 2.89. The van der Waals surface area contributed by atoms with Crippen LogP contribution in [0.5, 0.6) is 0 Å². The van der Waals surface area contributed by atoms with Gasteiger partial charge in [0.1, 0.15) is 0 Å². The highest BCUT2D eigenvalue weighted by Gasteiger charge is 2.53. The molecule has 1 atom stereocenters. The van der Waals surface area contributed by atoms with Gasteiger partial charge >= 0.3 is 0 Å². The number of nitrogens with one attached hydrogen (secondary N) is 1. The van der Waals surface area contributed by atoms with Crippen molar-refractivity contribution in [2.24, 2.45) is 11.3 Å². The molecule has 1 aliphatic carbocycles.